The second kappa shape index (κ2) is 5.36. The summed E-state index contributed by atoms with van der Waals surface area (Å²) in [7, 11) is 1.53. The molecule has 1 aromatic carbocycles. The van der Waals surface area contributed by atoms with Crippen LogP contribution in [0, 0.1) is 0 Å². The molecule has 0 aromatic heterocycles. The lowest BCUT2D eigenvalue weighted by Crippen LogP contribution is -2.19. The van der Waals surface area contributed by atoms with E-state index in [-0.39, 0.29) is 17.4 Å². The second-order valence-corrected chi connectivity index (χ2v) is 3.19. The van der Waals surface area contributed by atoms with Crippen molar-refractivity contribution in [2.45, 2.75) is 13.0 Å². The largest absolute Gasteiger partial charge is 0.507 e. The molecule has 82 valence electrons. The predicted octanol–water partition coefficient (Wildman–Crippen LogP) is 1.58. The van der Waals surface area contributed by atoms with Crippen molar-refractivity contribution in [1.82, 2.24) is 0 Å². The minimum absolute atomic E-state index is 0.0767. The van der Waals surface area contributed by atoms with E-state index < -0.39 is 5.97 Å². The first-order valence-electron chi connectivity index (χ1n) is 4.63. The lowest BCUT2D eigenvalue weighted by atomic mass is 10.2. The number of carbonyl (C=O) groups is 1. The van der Waals surface area contributed by atoms with Gasteiger partial charge in [0.25, 0.3) is 0 Å². The molecule has 1 aromatic rings. The summed E-state index contributed by atoms with van der Waals surface area (Å²) in [6.45, 7) is 2.06. The Hall–Kier alpha value is -1.55. The number of esters is 1. The number of carbonyl (C=O) groups excluding carboxylic acids is 1. The smallest absolute Gasteiger partial charge is 0.342 e. The van der Waals surface area contributed by atoms with E-state index in [1.807, 2.05) is 0 Å². The number of phenolic OH excluding ortho intramolecular Hbond substituents is 1. The molecule has 0 aliphatic carbocycles. The molecule has 0 radical (unpaired) electrons. The van der Waals surface area contributed by atoms with Crippen molar-refractivity contribution >= 4 is 5.97 Å². The van der Waals surface area contributed by atoms with Crippen LogP contribution in [-0.4, -0.2) is 30.9 Å². The van der Waals surface area contributed by atoms with Gasteiger partial charge in [-0.2, -0.15) is 0 Å². The van der Waals surface area contributed by atoms with Gasteiger partial charge in [0.2, 0.25) is 0 Å². The van der Waals surface area contributed by atoms with Crippen molar-refractivity contribution < 1.29 is 19.4 Å². The molecule has 0 bridgehead atoms. The molecule has 0 heterocycles. The number of hydrogen-bond acceptors (Lipinski definition) is 4. The fraction of sp³-hybridized carbons (Fsp3) is 0.364. The van der Waals surface area contributed by atoms with Crippen LogP contribution in [0.5, 0.6) is 5.75 Å². The summed E-state index contributed by atoms with van der Waals surface area (Å²) in [5.74, 6) is -0.621. The highest BCUT2D eigenvalue weighted by Gasteiger charge is 2.14. The third kappa shape index (κ3) is 3.25. The van der Waals surface area contributed by atoms with Gasteiger partial charge in [-0.05, 0) is 19.1 Å². The molecular weight excluding hydrogens is 196 g/mol. The van der Waals surface area contributed by atoms with Gasteiger partial charge >= 0.3 is 5.97 Å². The summed E-state index contributed by atoms with van der Waals surface area (Å²) in [6, 6.07) is 6.26. The molecule has 1 N–H and O–H groups in total. The first-order valence-corrected chi connectivity index (χ1v) is 4.63. The number of rotatable bonds is 4. The van der Waals surface area contributed by atoms with Crippen molar-refractivity contribution in [1.29, 1.82) is 0 Å². The van der Waals surface area contributed by atoms with E-state index in [1.54, 1.807) is 19.1 Å². The summed E-state index contributed by atoms with van der Waals surface area (Å²) in [5.41, 5.74) is 0.167. The zero-order valence-electron chi connectivity index (χ0n) is 8.77. The minimum atomic E-state index is -0.544. The Balaban J connectivity index is 2.65. The molecule has 1 unspecified atom stereocenters. The third-order valence-electron chi connectivity index (χ3n) is 1.83. The zero-order chi connectivity index (χ0) is 11.3. The minimum Gasteiger partial charge on any atom is -0.507 e. The van der Waals surface area contributed by atoms with Crippen molar-refractivity contribution in [3.8, 4) is 5.75 Å². The number of methoxy groups -OCH3 is 1. The van der Waals surface area contributed by atoms with Gasteiger partial charge in [0.1, 0.15) is 17.4 Å². The zero-order valence-corrected chi connectivity index (χ0v) is 8.77. The van der Waals surface area contributed by atoms with Gasteiger partial charge in [0, 0.05) is 7.11 Å². The summed E-state index contributed by atoms with van der Waals surface area (Å²) in [6.07, 6.45) is -0.331. The number of para-hydroxylation sites is 1. The van der Waals surface area contributed by atoms with Crippen LogP contribution in [-0.2, 0) is 9.47 Å². The SMILES string of the molecule is COCC(C)OC(=O)c1ccccc1O. The molecule has 1 rings (SSSR count). The lowest BCUT2D eigenvalue weighted by molar-refractivity contribution is 0.0118. The van der Waals surface area contributed by atoms with Crippen LogP contribution in [0.4, 0.5) is 0 Å². The lowest BCUT2D eigenvalue weighted by Gasteiger charge is -2.12. The van der Waals surface area contributed by atoms with E-state index in [0.717, 1.165) is 0 Å². The predicted molar refractivity (Wildman–Crippen MR) is 54.9 cm³/mol. The summed E-state index contributed by atoms with van der Waals surface area (Å²) >= 11 is 0. The van der Waals surface area contributed by atoms with Crippen LogP contribution >= 0.6 is 0 Å². The van der Waals surface area contributed by atoms with Crippen LogP contribution in [0.1, 0.15) is 17.3 Å². The Kier molecular flexibility index (Phi) is 4.12. The van der Waals surface area contributed by atoms with E-state index in [0.29, 0.717) is 6.61 Å². The fourth-order valence-electron chi connectivity index (χ4n) is 1.16. The first-order chi connectivity index (χ1) is 7.15. The van der Waals surface area contributed by atoms with Gasteiger partial charge in [0.05, 0.1) is 6.61 Å². The van der Waals surface area contributed by atoms with E-state index >= 15 is 0 Å². The number of benzene rings is 1. The van der Waals surface area contributed by atoms with Gasteiger partial charge < -0.3 is 14.6 Å². The number of aromatic hydroxyl groups is 1. The van der Waals surface area contributed by atoms with Crippen molar-refractivity contribution in [3.05, 3.63) is 29.8 Å². The molecule has 15 heavy (non-hydrogen) atoms. The number of phenols is 1. The molecule has 0 saturated heterocycles. The van der Waals surface area contributed by atoms with Crippen LogP contribution in [0.3, 0.4) is 0 Å². The second-order valence-electron chi connectivity index (χ2n) is 3.19. The average molecular weight is 210 g/mol. The van der Waals surface area contributed by atoms with Crippen LogP contribution < -0.4 is 0 Å². The van der Waals surface area contributed by atoms with Gasteiger partial charge in [-0.1, -0.05) is 12.1 Å². The quantitative estimate of drug-likeness (QED) is 0.766. The summed E-state index contributed by atoms with van der Waals surface area (Å²) in [4.78, 5) is 11.5. The van der Waals surface area contributed by atoms with E-state index in [4.69, 9.17) is 9.47 Å². The Labute approximate surface area is 88.4 Å². The molecular formula is C11H14O4. The summed E-state index contributed by atoms with van der Waals surface area (Å²) < 4.78 is 9.86. The highest BCUT2D eigenvalue weighted by molar-refractivity contribution is 5.92. The Morgan fingerprint density at radius 2 is 2.13 bits per heavy atom. The molecule has 0 aliphatic heterocycles. The van der Waals surface area contributed by atoms with Gasteiger partial charge in [-0.3, -0.25) is 0 Å². The van der Waals surface area contributed by atoms with Gasteiger partial charge in [-0.25, -0.2) is 4.79 Å². The van der Waals surface area contributed by atoms with E-state index in [9.17, 15) is 9.90 Å². The normalized spacial score (nSPS) is 12.1. The Morgan fingerprint density at radius 1 is 1.47 bits per heavy atom. The van der Waals surface area contributed by atoms with E-state index in [2.05, 4.69) is 0 Å². The maximum atomic E-state index is 11.5. The molecule has 1 atom stereocenters. The van der Waals surface area contributed by atoms with Gasteiger partial charge in [0.15, 0.2) is 0 Å². The number of hydrogen-bond donors (Lipinski definition) is 1. The molecule has 0 spiro atoms. The molecule has 0 amide bonds. The molecule has 0 fully saturated rings. The van der Waals surface area contributed by atoms with Crippen molar-refractivity contribution in [2.75, 3.05) is 13.7 Å². The van der Waals surface area contributed by atoms with Crippen LogP contribution in [0.25, 0.3) is 0 Å². The Bertz CT molecular complexity index is 335. The Morgan fingerprint density at radius 3 is 2.73 bits per heavy atom. The van der Waals surface area contributed by atoms with Crippen LogP contribution in [0.2, 0.25) is 0 Å². The highest BCUT2D eigenvalue weighted by atomic mass is 16.6. The maximum Gasteiger partial charge on any atom is 0.342 e. The van der Waals surface area contributed by atoms with Crippen molar-refractivity contribution in [3.63, 3.8) is 0 Å². The molecule has 0 saturated carbocycles. The average Bonchev–Trinajstić information content (AvgIpc) is 2.18. The fourth-order valence-corrected chi connectivity index (χ4v) is 1.16. The molecule has 4 heteroatoms. The van der Waals surface area contributed by atoms with Crippen LogP contribution in [0.15, 0.2) is 24.3 Å². The standard InChI is InChI=1S/C11H14O4/c1-8(7-14-2)15-11(13)9-5-3-4-6-10(9)12/h3-6,8,12H,7H2,1-2H3. The third-order valence-corrected chi connectivity index (χ3v) is 1.83. The molecule has 4 nitrogen and oxygen atoms in total. The topological polar surface area (TPSA) is 55.8 Å². The highest BCUT2D eigenvalue weighted by Crippen LogP contribution is 2.17. The van der Waals surface area contributed by atoms with Crippen molar-refractivity contribution in [2.24, 2.45) is 0 Å². The van der Waals surface area contributed by atoms with Gasteiger partial charge in [-0.15, -0.1) is 0 Å². The monoisotopic (exact) mass is 210 g/mol. The maximum absolute atomic E-state index is 11.5. The first kappa shape index (κ1) is 11.5. The van der Waals surface area contributed by atoms with E-state index in [1.165, 1.54) is 19.2 Å². The molecule has 0 aliphatic rings. The summed E-state index contributed by atoms with van der Waals surface area (Å²) in [5, 5.41) is 9.39. The number of ether oxygens (including phenoxy) is 2.